The molecule has 1 amide bonds. The molecular formula is C22H20ClN3O2S2. The molecule has 0 aliphatic rings. The van der Waals surface area contributed by atoms with Gasteiger partial charge in [0, 0.05) is 22.5 Å². The van der Waals surface area contributed by atoms with E-state index in [4.69, 9.17) is 27.1 Å². The van der Waals surface area contributed by atoms with E-state index in [1.54, 1.807) is 17.4 Å². The minimum atomic E-state index is -0.430. The largest absolute Gasteiger partial charge is 0.485 e. The number of primary amides is 1. The summed E-state index contributed by atoms with van der Waals surface area (Å²) < 4.78 is 7.92. The predicted molar refractivity (Wildman–Crippen MR) is 123 cm³/mol. The first-order valence-corrected chi connectivity index (χ1v) is 11.5. The molecule has 4 aromatic rings. The number of aryl methyl sites for hydroxylation is 1. The summed E-state index contributed by atoms with van der Waals surface area (Å²) in [6.45, 7) is 3.00. The first kappa shape index (κ1) is 20.7. The summed E-state index contributed by atoms with van der Waals surface area (Å²) in [5.41, 5.74) is 8.67. The van der Waals surface area contributed by atoms with E-state index in [9.17, 15) is 4.79 Å². The van der Waals surface area contributed by atoms with Gasteiger partial charge in [0.05, 0.1) is 22.0 Å². The van der Waals surface area contributed by atoms with Crippen molar-refractivity contribution in [2.45, 2.75) is 26.5 Å². The van der Waals surface area contributed by atoms with Crippen LogP contribution in [0.15, 0.2) is 53.2 Å². The Hall–Kier alpha value is -2.61. The number of nitrogens with two attached hydrogens (primary N) is 1. The second-order valence-corrected chi connectivity index (χ2v) is 9.10. The second kappa shape index (κ2) is 9.04. The first-order chi connectivity index (χ1) is 14.5. The van der Waals surface area contributed by atoms with Gasteiger partial charge in [0.15, 0.2) is 0 Å². The van der Waals surface area contributed by atoms with Gasteiger partial charge in [-0.25, -0.2) is 4.98 Å². The van der Waals surface area contributed by atoms with Gasteiger partial charge < -0.3 is 15.0 Å². The number of benzene rings is 1. The Morgan fingerprint density at radius 1 is 1.23 bits per heavy atom. The average molecular weight is 458 g/mol. The van der Waals surface area contributed by atoms with E-state index in [1.165, 1.54) is 16.2 Å². The minimum absolute atomic E-state index is 0.325. The molecule has 0 fully saturated rings. The summed E-state index contributed by atoms with van der Waals surface area (Å²) in [5.74, 6) is 0.197. The number of amides is 1. The molecule has 30 heavy (non-hydrogen) atoms. The van der Waals surface area contributed by atoms with Crippen LogP contribution in [0.1, 0.15) is 25.9 Å². The molecule has 0 radical (unpaired) electrons. The molecule has 4 rings (SSSR count). The number of carbonyl (C=O) groups excluding carboxylic acids is 1. The fourth-order valence-corrected chi connectivity index (χ4v) is 4.86. The van der Waals surface area contributed by atoms with Gasteiger partial charge >= 0.3 is 0 Å². The van der Waals surface area contributed by atoms with Crippen molar-refractivity contribution in [3.05, 3.63) is 79.4 Å². The van der Waals surface area contributed by atoms with Crippen LogP contribution >= 0.6 is 34.3 Å². The number of carbonyl (C=O) groups is 1. The Bertz CT molecular complexity index is 1170. The van der Waals surface area contributed by atoms with Crippen molar-refractivity contribution in [3.63, 3.8) is 0 Å². The fraction of sp³-hybridized carbons (Fsp3) is 0.182. The van der Waals surface area contributed by atoms with Crippen LogP contribution in [-0.4, -0.2) is 15.5 Å². The molecule has 154 valence electrons. The van der Waals surface area contributed by atoms with Crippen molar-refractivity contribution >= 4 is 40.2 Å². The number of thiazole rings is 1. The Morgan fingerprint density at radius 2 is 2.07 bits per heavy atom. The molecule has 1 aromatic carbocycles. The Balaban J connectivity index is 1.57. The minimum Gasteiger partial charge on any atom is -0.485 e. The molecule has 3 heterocycles. The highest BCUT2D eigenvalue weighted by Crippen LogP contribution is 2.29. The predicted octanol–water partition coefficient (Wildman–Crippen LogP) is 5.56. The smallest absolute Gasteiger partial charge is 0.250 e. The zero-order valence-electron chi connectivity index (χ0n) is 16.3. The summed E-state index contributed by atoms with van der Waals surface area (Å²) in [7, 11) is 0. The summed E-state index contributed by atoms with van der Waals surface area (Å²) in [5, 5.41) is 5.44. The van der Waals surface area contributed by atoms with Gasteiger partial charge in [0.2, 0.25) is 0 Å². The van der Waals surface area contributed by atoms with E-state index in [0.29, 0.717) is 22.9 Å². The highest BCUT2D eigenvalue weighted by atomic mass is 35.5. The van der Waals surface area contributed by atoms with Crippen LogP contribution in [0.4, 0.5) is 0 Å². The molecule has 0 unspecified atom stereocenters. The zero-order valence-corrected chi connectivity index (χ0v) is 18.7. The number of halogens is 1. The number of ether oxygens (including phenoxy) is 1. The van der Waals surface area contributed by atoms with Crippen LogP contribution in [0.2, 0.25) is 5.02 Å². The first-order valence-electron chi connectivity index (χ1n) is 9.37. The molecular weight excluding hydrogens is 438 g/mol. The highest BCUT2D eigenvalue weighted by Gasteiger charge is 2.19. The van der Waals surface area contributed by atoms with Crippen molar-refractivity contribution in [3.8, 4) is 17.1 Å². The van der Waals surface area contributed by atoms with Crippen LogP contribution in [0.3, 0.4) is 0 Å². The maximum absolute atomic E-state index is 11.9. The van der Waals surface area contributed by atoms with Gasteiger partial charge in [0.25, 0.3) is 5.91 Å². The number of thiophene rings is 1. The summed E-state index contributed by atoms with van der Waals surface area (Å²) >= 11 is 9.39. The van der Waals surface area contributed by atoms with E-state index < -0.39 is 5.91 Å². The summed E-state index contributed by atoms with van der Waals surface area (Å²) in [6.07, 6.45) is 0.880. The van der Waals surface area contributed by atoms with Crippen LogP contribution in [0, 0.1) is 6.92 Å². The molecule has 0 spiro atoms. The monoisotopic (exact) mass is 457 g/mol. The molecule has 2 N–H and O–H groups in total. The lowest BCUT2D eigenvalue weighted by Crippen LogP contribution is -2.13. The number of aromatic nitrogens is 2. The topological polar surface area (TPSA) is 70.1 Å². The lowest BCUT2D eigenvalue weighted by atomic mass is 10.2. The van der Waals surface area contributed by atoms with Crippen molar-refractivity contribution in [1.29, 1.82) is 0 Å². The lowest BCUT2D eigenvalue weighted by Gasteiger charge is -2.10. The van der Waals surface area contributed by atoms with Crippen molar-refractivity contribution < 1.29 is 9.53 Å². The fourth-order valence-electron chi connectivity index (χ4n) is 3.27. The molecule has 0 aliphatic heterocycles. The van der Waals surface area contributed by atoms with Gasteiger partial charge in [0.1, 0.15) is 17.4 Å². The quantitative estimate of drug-likeness (QED) is 0.376. The number of nitrogens with zero attached hydrogens (tertiary/aromatic N) is 2. The van der Waals surface area contributed by atoms with Crippen LogP contribution in [-0.2, 0) is 19.6 Å². The van der Waals surface area contributed by atoms with E-state index in [2.05, 4.69) is 16.0 Å². The van der Waals surface area contributed by atoms with E-state index in [0.717, 1.165) is 35.1 Å². The van der Waals surface area contributed by atoms with Gasteiger partial charge in [-0.15, -0.1) is 22.7 Å². The molecule has 3 aromatic heterocycles. The van der Waals surface area contributed by atoms with Gasteiger partial charge in [-0.3, -0.25) is 4.79 Å². The molecule has 0 bridgehead atoms. The van der Waals surface area contributed by atoms with Crippen molar-refractivity contribution in [2.75, 3.05) is 0 Å². The van der Waals surface area contributed by atoms with Crippen molar-refractivity contribution in [2.24, 2.45) is 5.73 Å². The van der Waals surface area contributed by atoms with E-state index >= 15 is 0 Å². The maximum Gasteiger partial charge on any atom is 0.250 e. The molecule has 0 aliphatic carbocycles. The molecule has 0 atom stereocenters. The molecule has 0 saturated heterocycles. The van der Waals surface area contributed by atoms with Crippen LogP contribution in [0.25, 0.3) is 11.4 Å². The summed E-state index contributed by atoms with van der Waals surface area (Å²) in [4.78, 5) is 17.9. The number of para-hydroxylation sites is 1. The van der Waals surface area contributed by atoms with Gasteiger partial charge in [-0.1, -0.05) is 29.8 Å². The normalized spacial score (nSPS) is 11.0. The SMILES string of the molecule is Cc1c(C(N)=O)cc(-c2csc(COc3ccccc3Cl)n2)n1CCc1cccs1. The third kappa shape index (κ3) is 4.43. The number of hydrogen-bond acceptors (Lipinski definition) is 5. The average Bonchev–Trinajstić information content (AvgIpc) is 3.46. The third-order valence-corrected chi connectivity index (χ3v) is 6.87. The summed E-state index contributed by atoms with van der Waals surface area (Å²) in [6, 6.07) is 13.4. The van der Waals surface area contributed by atoms with E-state index in [-0.39, 0.29) is 0 Å². The number of hydrogen-bond donors (Lipinski definition) is 1. The third-order valence-electron chi connectivity index (χ3n) is 4.80. The number of rotatable bonds is 8. The van der Waals surface area contributed by atoms with Crippen LogP contribution < -0.4 is 10.5 Å². The van der Waals surface area contributed by atoms with E-state index in [1.807, 2.05) is 42.6 Å². The Morgan fingerprint density at radius 3 is 2.80 bits per heavy atom. The Labute approximate surface area is 187 Å². The highest BCUT2D eigenvalue weighted by molar-refractivity contribution is 7.10. The lowest BCUT2D eigenvalue weighted by molar-refractivity contribution is 0.0999. The second-order valence-electron chi connectivity index (χ2n) is 6.72. The molecule has 0 saturated carbocycles. The molecule has 8 heteroatoms. The van der Waals surface area contributed by atoms with Crippen molar-refractivity contribution in [1.82, 2.24) is 9.55 Å². The maximum atomic E-state index is 11.9. The zero-order chi connectivity index (χ0) is 21.1. The molecule has 5 nitrogen and oxygen atoms in total. The Kier molecular flexibility index (Phi) is 6.22. The van der Waals surface area contributed by atoms with Crippen LogP contribution in [0.5, 0.6) is 5.75 Å². The standard InChI is InChI=1S/C22H20ClN3O2S2/c1-14-16(22(24)27)11-19(26(14)9-8-15-5-4-10-29-15)18-13-30-21(25-18)12-28-20-7-3-2-6-17(20)23/h2-7,10-11,13H,8-9,12H2,1H3,(H2,24,27). The van der Waals surface area contributed by atoms with Gasteiger partial charge in [-0.2, -0.15) is 0 Å². The van der Waals surface area contributed by atoms with Gasteiger partial charge in [-0.05, 0) is 43.0 Å².